The van der Waals surface area contributed by atoms with Crippen molar-refractivity contribution >= 4 is 0 Å². The predicted octanol–water partition coefficient (Wildman–Crippen LogP) is 2.60. The van der Waals surface area contributed by atoms with Crippen LogP contribution in [0.1, 0.15) is 40.0 Å². The molecule has 3 saturated carbocycles. The normalized spacial score (nSPS) is 43.1. The van der Waals surface area contributed by atoms with Crippen molar-refractivity contribution in [3.05, 3.63) is 0 Å². The second-order valence-corrected chi connectivity index (χ2v) is 4.73. The Labute approximate surface area is 69.1 Å². The second-order valence-electron chi connectivity index (χ2n) is 4.73. The van der Waals surface area contributed by atoms with Gasteiger partial charge in [0.2, 0.25) is 0 Å². The van der Waals surface area contributed by atoms with Crippen LogP contribution in [0.25, 0.3) is 0 Å². The molecule has 3 rings (SSSR count). The van der Waals surface area contributed by atoms with E-state index in [0.717, 1.165) is 5.92 Å². The fourth-order valence-electron chi connectivity index (χ4n) is 2.07. The van der Waals surface area contributed by atoms with Crippen LogP contribution in [0, 0.1) is 11.8 Å². The molecule has 1 atom stereocenters. The zero-order chi connectivity index (χ0) is 8.06. The van der Waals surface area contributed by atoms with Crippen molar-refractivity contribution in [2.24, 2.45) is 11.8 Å². The third kappa shape index (κ3) is 1.10. The molecule has 3 fully saturated rings. The van der Waals surface area contributed by atoms with Gasteiger partial charge in [-0.25, -0.2) is 0 Å². The first kappa shape index (κ1) is 7.60. The summed E-state index contributed by atoms with van der Waals surface area (Å²) in [6.07, 6.45) is 4.51. The lowest BCUT2D eigenvalue weighted by molar-refractivity contribution is -0.252. The summed E-state index contributed by atoms with van der Waals surface area (Å²) in [5, 5.41) is 0. The van der Waals surface area contributed by atoms with Crippen molar-refractivity contribution in [2.45, 2.75) is 51.7 Å². The van der Waals surface area contributed by atoms with Crippen LogP contribution >= 0.6 is 0 Å². The fraction of sp³-hybridized carbons (Fsp3) is 1.00. The zero-order valence-corrected chi connectivity index (χ0v) is 7.76. The van der Waals surface area contributed by atoms with Gasteiger partial charge < -0.3 is 4.74 Å². The molecule has 64 valence electrons. The Morgan fingerprint density at radius 3 is 2.00 bits per heavy atom. The number of hydrogen-bond donors (Lipinski definition) is 0. The van der Waals surface area contributed by atoms with Crippen LogP contribution in [0.3, 0.4) is 0 Å². The van der Waals surface area contributed by atoms with Gasteiger partial charge in [-0.2, -0.15) is 0 Å². The average Bonchev–Trinajstić information content (AvgIpc) is 1.74. The van der Waals surface area contributed by atoms with Crippen LogP contribution in [0.5, 0.6) is 0 Å². The molecule has 0 aromatic carbocycles. The Morgan fingerprint density at radius 1 is 1.18 bits per heavy atom. The van der Waals surface area contributed by atoms with E-state index in [1.807, 2.05) is 0 Å². The van der Waals surface area contributed by atoms with E-state index in [1.165, 1.54) is 19.3 Å². The second kappa shape index (κ2) is 2.22. The molecule has 0 aromatic heterocycles. The smallest absolute Gasteiger partial charge is 0.0694 e. The molecule has 11 heavy (non-hydrogen) atoms. The van der Waals surface area contributed by atoms with Gasteiger partial charge in [-0.3, -0.25) is 0 Å². The molecule has 3 aliphatic carbocycles. The van der Waals surface area contributed by atoms with E-state index < -0.39 is 0 Å². The maximum atomic E-state index is 6.00. The molecule has 1 nitrogen and oxygen atoms in total. The lowest BCUT2D eigenvalue weighted by Gasteiger charge is -2.62. The highest BCUT2D eigenvalue weighted by atomic mass is 16.5. The van der Waals surface area contributed by atoms with Crippen LogP contribution in [-0.4, -0.2) is 11.7 Å². The molecule has 0 spiro atoms. The maximum Gasteiger partial charge on any atom is 0.0694 e. The van der Waals surface area contributed by atoms with Crippen molar-refractivity contribution in [3.63, 3.8) is 0 Å². The molecule has 1 unspecified atom stereocenters. The SMILES string of the molecule is CC(C)C(C)OC12CC(C1)C2. The predicted molar refractivity (Wildman–Crippen MR) is 45.5 cm³/mol. The van der Waals surface area contributed by atoms with Gasteiger partial charge in [-0.05, 0) is 38.0 Å². The van der Waals surface area contributed by atoms with Gasteiger partial charge in [-0.1, -0.05) is 13.8 Å². The minimum Gasteiger partial charge on any atom is -0.372 e. The molecule has 1 heteroatoms. The zero-order valence-electron chi connectivity index (χ0n) is 7.76. The van der Waals surface area contributed by atoms with Crippen molar-refractivity contribution in [1.82, 2.24) is 0 Å². The van der Waals surface area contributed by atoms with Gasteiger partial charge in [0.15, 0.2) is 0 Å². The van der Waals surface area contributed by atoms with Crippen LogP contribution in [-0.2, 0) is 4.74 Å². The third-order valence-corrected chi connectivity index (χ3v) is 3.36. The minimum atomic E-state index is 0.369. The lowest BCUT2D eigenvalue weighted by atomic mass is 9.52. The van der Waals surface area contributed by atoms with Crippen LogP contribution in [0.15, 0.2) is 0 Å². The number of ether oxygens (including phenoxy) is 1. The van der Waals surface area contributed by atoms with Gasteiger partial charge in [0.25, 0.3) is 0 Å². The van der Waals surface area contributed by atoms with Crippen LogP contribution in [0.4, 0.5) is 0 Å². The van der Waals surface area contributed by atoms with E-state index in [2.05, 4.69) is 20.8 Å². The molecule has 0 aromatic rings. The van der Waals surface area contributed by atoms with Gasteiger partial charge >= 0.3 is 0 Å². The van der Waals surface area contributed by atoms with E-state index in [1.54, 1.807) is 0 Å². The monoisotopic (exact) mass is 154 g/mol. The van der Waals surface area contributed by atoms with Gasteiger partial charge in [0.05, 0.1) is 11.7 Å². The van der Waals surface area contributed by atoms with E-state index in [0.29, 0.717) is 17.6 Å². The molecular weight excluding hydrogens is 136 g/mol. The Balaban J connectivity index is 1.80. The van der Waals surface area contributed by atoms with Crippen LogP contribution < -0.4 is 0 Å². The first-order valence-corrected chi connectivity index (χ1v) is 4.79. The summed E-state index contributed by atoms with van der Waals surface area (Å²) in [6, 6.07) is 0. The Hall–Kier alpha value is -0.0400. The Morgan fingerprint density at radius 2 is 1.73 bits per heavy atom. The van der Waals surface area contributed by atoms with Gasteiger partial charge in [0.1, 0.15) is 0 Å². The highest BCUT2D eigenvalue weighted by Crippen LogP contribution is 2.60. The van der Waals surface area contributed by atoms with Crippen molar-refractivity contribution in [3.8, 4) is 0 Å². The summed E-state index contributed by atoms with van der Waals surface area (Å²) in [4.78, 5) is 0. The summed E-state index contributed by atoms with van der Waals surface area (Å²) >= 11 is 0. The number of rotatable bonds is 3. The molecule has 2 bridgehead atoms. The highest BCUT2D eigenvalue weighted by Gasteiger charge is 2.58. The molecule has 0 radical (unpaired) electrons. The Bertz CT molecular complexity index is 145. The highest BCUT2D eigenvalue weighted by molar-refractivity contribution is 5.09. The molecule has 0 N–H and O–H groups in total. The van der Waals surface area contributed by atoms with Crippen molar-refractivity contribution in [2.75, 3.05) is 0 Å². The largest absolute Gasteiger partial charge is 0.372 e. The van der Waals surface area contributed by atoms with Crippen LogP contribution in [0.2, 0.25) is 0 Å². The first-order valence-electron chi connectivity index (χ1n) is 4.79. The summed E-state index contributed by atoms with van der Waals surface area (Å²) in [7, 11) is 0. The molecule has 0 amide bonds. The average molecular weight is 154 g/mol. The topological polar surface area (TPSA) is 9.23 Å². The van der Waals surface area contributed by atoms with E-state index in [9.17, 15) is 0 Å². The first-order chi connectivity index (χ1) is 5.11. The van der Waals surface area contributed by atoms with Crippen molar-refractivity contribution in [1.29, 1.82) is 0 Å². The Kier molecular flexibility index (Phi) is 1.54. The third-order valence-electron chi connectivity index (χ3n) is 3.36. The van der Waals surface area contributed by atoms with E-state index in [-0.39, 0.29) is 0 Å². The lowest BCUT2D eigenvalue weighted by Crippen LogP contribution is -2.61. The summed E-state index contributed by atoms with van der Waals surface area (Å²) in [5.74, 6) is 1.71. The minimum absolute atomic E-state index is 0.369. The standard InChI is InChI=1S/C10H18O/c1-7(2)8(3)11-10-4-9(5-10)6-10/h7-9H,4-6H2,1-3H3. The summed E-state index contributed by atoms with van der Waals surface area (Å²) in [6.45, 7) is 6.66. The number of hydrogen-bond acceptors (Lipinski definition) is 1. The molecule has 0 saturated heterocycles. The summed E-state index contributed by atoms with van der Waals surface area (Å²) < 4.78 is 6.00. The molecule has 3 aliphatic rings. The molecule has 0 aliphatic heterocycles. The molecular formula is C10H18O. The van der Waals surface area contributed by atoms with Crippen molar-refractivity contribution < 1.29 is 4.74 Å². The van der Waals surface area contributed by atoms with Gasteiger partial charge in [-0.15, -0.1) is 0 Å². The summed E-state index contributed by atoms with van der Waals surface area (Å²) in [5.41, 5.74) is 0.369. The quantitative estimate of drug-likeness (QED) is 0.607. The fourth-order valence-corrected chi connectivity index (χ4v) is 2.07. The van der Waals surface area contributed by atoms with E-state index >= 15 is 0 Å². The molecule has 0 heterocycles. The van der Waals surface area contributed by atoms with E-state index in [4.69, 9.17) is 4.74 Å². The van der Waals surface area contributed by atoms with Gasteiger partial charge in [0, 0.05) is 0 Å². The maximum absolute atomic E-state index is 6.00.